The van der Waals surface area contributed by atoms with Gasteiger partial charge in [0.15, 0.2) is 5.76 Å². The number of rotatable bonds is 6. The van der Waals surface area contributed by atoms with E-state index < -0.39 is 0 Å². The lowest BCUT2D eigenvalue weighted by molar-refractivity contribution is -0.121. The largest absolute Gasteiger partial charge is 0.356 e. The SMILES string of the molecule is CC(C)CC(=O)NCCc1cc(-c2ccccc2)on1. The number of carbonyl (C=O) groups is 1. The van der Waals surface area contributed by atoms with Gasteiger partial charge in [-0.25, -0.2) is 0 Å². The van der Waals surface area contributed by atoms with E-state index in [2.05, 4.69) is 10.5 Å². The molecular weight excluding hydrogens is 252 g/mol. The molecule has 1 heterocycles. The van der Waals surface area contributed by atoms with Gasteiger partial charge in [-0.3, -0.25) is 4.79 Å². The van der Waals surface area contributed by atoms with Crippen LogP contribution in [-0.2, 0) is 11.2 Å². The molecule has 20 heavy (non-hydrogen) atoms. The van der Waals surface area contributed by atoms with Gasteiger partial charge in [0.05, 0.1) is 5.69 Å². The van der Waals surface area contributed by atoms with Crippen molar-refractivity contribution in [1.29, 1.82) is 0 Å². The molecule has 0 spiro atoms. The summed E-state index contributed by atoms with van der Waals surface area (Å²) in [6, 6.07) is 11.8. The molecule has 0 fully saturated rings. The lowest BCUT2D eigenvalue weighted by atomic mass is 10.1. The summed E-state index contributed by atoms with van der Waals surface area (Å²) < 4.78 is 5.31. The number of hydrogen-bond donors (Lipinski definition) is 1. The van der Waals surface area contributed by atoms with Gasteiger partial charge in [-0.05, 0) is 5.92 Å². The molecule has 1 aromatic heterocycles. The van der Waals surface area contributed by atoms with E-state index in [1.807, 2.05) is 50.2 Å². The zero-order chi connectivity index (χ0) is 14.4. The number of aromatic nitrogens is 1. The minimum Gasteiger partial charge on any atom is -0.356 e. The van der Waals surface area contributed by atoms with Crippen LogP contribution in [0.15, 0.2) is 40.9 Å². The Morgan fingerprint density at radius 3 is 2.75 bits per heavy atom. The van der Waals surface area contributed by atoms with Crippen LogP contribution in [0, 0.1) is 5.92 Å². The average molecular weight is 272 g/mol. The van der Waals surface area contributed by atoms with Crippen molar-refractivity contribution >= 4 is 5.91 Å². The van der Waals surface area contributed by atoms with Crippen molar-refractivity contribution in [3.05, 3.63) is 42.1 Å². The van der Waals surface area contributed by atoms with Crippen LogP contribution in [0.3, 0.4) is 0 Å². The first-order valence-corrected chi connectivity index (χ1v) is 6.93. The topological polar surface area (TPSA) is 55.1 Å². The number of hydrogen-bond acceptors (Lipinski definition) is 3. The molecule has 0 aliphatic heterocycles. The summed E-state index contributed by atoms with van der Waals surface area (Å²) in [7, 11) is 0. The third-order valence-electron chi connectivity index (χ3n) is 2.91. The van der Waals surface area contributed by atoms with Gasteiger partial charge < -0.3 is 9.84 Å². The molecular formula is C16H20N2O2. The van der Waals surface area contributed by atoms with Gasteiger partial charge in [0.1, 0.15) is 0 Å². The molecule has 1 amide bonds. The second kappa shape index (κ2) is 6.89. The maximum atomic E-state index is 11.5. The Morgan fingerprint density at radius 2 is 2.05 bits per heavy atom. The first-order valence-electron chi connectivity index (χ1n) is 6.93. The number of nitrogens with one attached hydrogen (secondary N) is 1. The molecule has 0 saturated heterocycles. The zero-order valence-electron chi connectivity index (χ0n) is 11.9. The molecule has 1 aromatic carbocycles. The van der Waals surface area contributed by atoms with E-state index in [9.17, 15) is 4.79 Å². The summed E-state index contributed by atoms with van der Waals surface area (Å²) in [5.41, 5.74) is 1.86. The molecule has 0 atom stereocenters. The highest BCUT2D eigenvalue weighted by Gasteiger charge is 2.07. The van der Waals surface area contributed by atoms with E-state index in [-0.39, 0.29) is 5.91 Å². The van der Waals surface area contributed by atoms with E-state index in [1.165, 1.54) is 0 Å². The fraction of sp³-hybridized carbons (Fsp3) is 0.375. The summed E-state index contributed by atoms with van der Waals surface area (Å²) in [6.45, 7) is 4.65. The van der Waals surface area contributed by atoms with Crippen LogP contribution in [0.4, 0.5) is 0 Å². The highest BCUT2D eigenvalue weighted by atomic mass is 16.5. The zero-order valence-corrected chi connectivity index (χ0v) is 11.9. The van der Waals surface area contributed by atoms with Crippen molar-refractivity contribution < 1.29 is 9.32 Å². The van der Waals surface area contributed by atoms with E-state index in [0.717, 1.165) is 17.0 Å². The maximum absolute atomic E-state index is 11.5. The number of nitrogens with zero attached hydrogens (tertiary/aromatic N) is 1. The van der Waals surface area contributed by atoms with Crippen LogP contribution >= 0.6 is 0 Å². The fourth-order valence-electron chi connectivity index (χ4n) is 1.94. The van der Waals surface area contributed by atoms with E-state index in [4.69, 9.17) is 4.52 Å². The van der Waals surface area contributed by atoms with Gasteiger partial charge in [-0.15, -0.1) is 0 Å². The van der Waals surface area contributed by atoms with Gasteiger partial charge in [0, 0.05) is 31.0 Å². The highest BCUT2D eigenvalue weighted by molar-refractivity contribution is 5.76. The number of carbonyl (C=O) groups excluding carboxylic acids is 1. The van der Waals surface area contributed by atoms with Crippen LogP contribution < -0.4 is 5.32 Å². The Hall–Kier alpha value is -2.10. The quantitative estimate of drug-likeness (QED) is 0.879. The third-order valence-corrected chi connectivity index (χ3v) is 2.91. The van der Waals surface area contributed by atoms with Crippen molar-refractivity contribution in [3.8, 4) is 11.3 Å². The third kappa shape index (κ3) is 4.23. The Morgan fingerprint density at radius 1 is 1.30 bits per heavy atom. The Bertz CT molecular complexity index is 547. The molecule has 1 N–H and O–H groups in total. The molecule has 0 aliphatic carbocycles. The summed E-state index contributed by atoms with van der Waals surface area (Å²) >= 11 is 0. The smallest absolute Gasteiger partial charge is 0.220 e. The molecule has 4 nitrogen and oxygen atoms in total. The molecule has 0 aliphatic rings. The minimum atomic E-state index is 0.0896. The van der Waals surface area contributed by atoms with E-state index >= 15 is 0 Å². The van der Waals surface area contributed by atoms with Crippen LogP contribution in [-0.4, -0.2) is 17.6 Å². The van der Waals surface area contributed by atoms with Gasteiger partial charge in [-0.2, -0.15) is 0 Å². The lowest BCUT2D eigenvalue weighted by Crippen LogP contribution is -2.26. The lowest BCUT2D eigenvalue weighted by Gasteiger charge is -2.05. The monoisotopic (exact) mass is 272 g/mol. The predicted molar refractivity (Wildman–Crippen MR) is 78.1 cm³/mol. The van der Waals surface area contributed by atoms with Gasteiger partial charge in [-0.1, -0.05) is 49.3 Å². The Kier molecular flexibility index (Phi) is 4.93. The minimum absolute atomic E-state index is 0.0896. The summed E-state index contributed by atoms with van der Waals surface area (Å²) in [5, 5.41) is 6.91. The molecule has 0 unspecified atom stereocenters. The number of benzene rings is 1. The first-order chi connectivity index (χ1) is 9.65. The van der Waals surface area contributed by atoms with Crippen LogP contribution in [0.1, 0.15) is 26.0 Å². The van der Waals surface area contributed by atoms with Crippen molar-refractivity contribution in [2.45, 2.75) is 26.7 Å². The van der Waals surface area contributed by atoms with Crippen LogP contribution in [0.2, 0.25) is 0 Å². The first kappa shape index (κ1) is 14.3. The predicted octanol–water partition coefficient (Wildman–Crippen LogP) is 3.05. The van der Waals surface area contributed by atoms with Crippen molar-refractivity contribution in [3.63, 3.8) is 0 Å². The van der Waals surface area contributed by atoms with E-state index in [1.54, 1.807) is 0 Å². The van der Waals surface area contributed by atoms with Crippen molar-refractivity contribution in [2.75, 3.05) is 6.54 Å². The summed E-state index contributed by atoms with van der Waals surface area (Å²) in [4.78, 5) is 11.5. The van der Waals surface area contributed by atoms with E-state index in [0.29, 0.717) is 25.3 Å². The molecule has 0 bridgehead atoms. The normalized spacial score (nSPS) is 10.8. The molecule has 2 rings (SSSR count). The average Bonchev–Trinajstić information content (AvgIpc) is 2.88. The van der Waals surface area contributed by atoms with Crippen molar-refractivity contribution in [2.24, 2.45) is 5.92 Å². The summed E-state index contributed by atoms with van der Waals surface area (Å²) in [6.07, 6.45) is 1.24. The highest BCUT2D eigenvalue weighted by Crippen LogP contribution is 2.19. The molecule has 0 saturated carbocycles. The Labute approximate surface area is 119 Å². The van der Waals surface area contributed by atoms with Gasteiger partial charge in [0.2, 0.25) is 5.91 Å². The summed E-state index contributed by atoms with van der Waals surface area (Å²) in [5.74, 6) is 1.23. The molecule has 4 heteroatoms. The fourth-order valence-corrected chi connectivity index (χ4v) is 1.94. The second-order valence-electron chi connectivity index (χ2n) is 5.25. The Balaban J connectivity index is 1.83. The van der Waals surface area contributed by atoms with Crippen molar-refractivity contribution in [1.82, 2.24) is 10.5 Å². The second-order valence-corrected chi connectivity index (χ2v) is 5.25. The standard InChI is InChI=1S/C16H20N2O2/c1-12(2)10-16(19)17-9-8-14-11-15(20-18-14)13-6-4-3-5-7-13/h3-7,11-12H,8-10H2,1-2H3,(H,17,19). The van der Waals surface area contributed by atoms with Crippen LogP contribution in [0.25, 0.3) is 11.3 Å². The number of amides is 1. The molecule has 0 radical (unpaired) electrons. The van der Waals surface area contributed by atoms with Crippen LogP contribution in [0.5, 0.6) is 0 Å². The molecule has 106 valence electrons. The molecule has 2 aromatic rings. The maximum Gasteiger partial charge on any atom is 0.220 e. The van der Waals surface area contributed by atoms with Gasteiger partial charge >= 0.3 is 0 Å². The van der Waals surface area contributed by atoms with Gasteiger partial charge in [0.25, 0.3) is 0 Å².